The summed E-state index contributed by atoms with van der Waals surface area (Å²) < 4.78 is 27.9. The van der Waals surface area contributed by atoms with Gasteiger partial charge in [0.2, 0.25) is 0 Å². The molecule has 28 heavy (non-hydrogen) atoms. The van der Waals surface area contributed by atoms with Gasteiger partial charge in [-0.05, 0) is 32.0 Å². The Morgan fingerprint density at radius 3 is 2.11 bits per heavy atom. The first-order valence-electron chi connectivity index (χ1n) is 8.78. The second-order valence-electron chi connectivity index (χ2n) is 6.71. The minimum Gasteiger partial charge on any atom is -0.335 e. The van der Waals surface area contributed by atoms with Crippen LogP contribution in [0.25, 0.3) is 0 Å². The molecule has 1 aromatic heterocycles. The van der Waals surface area contributed by atoms with Crippen LogP contribution in [0, 0.1) is 25.5 Å². The fraction of sp³-hybridized carbons (Fsp3) is 0.368. The number of carbonyl (C=O) groups excluding carboxylic acids is 3. The number of Topliss-reactive ketones (excluding diaryl/α,β-unsaturated/α-hetero) is 1. The molecule has 148 valence electrons. The molecule has 9 heteroatoms. The molecule has 1 aliphatic rings. The van der Waals surface area contributed by atoms with Crippen molar-refractivity contribution in [2.24, 2.45) is 7.05 Å². The number of ketones is 1. The van der Waals surface area contributed by atoms with Gasteiger partial charge >= 0.3 is 0 Å². The molecule has 7 nitrogen and oxygen atoms in total. The summed E-state index contributed by atoms with van der Waals surface area (Å²) in [5.74, 6) is -3.82. The maximum atomic E-state index is 13.3. The topological polar surface area (TPSA) is 75.5 Å². The van der Waals surface area contributed by atoms with Crippen LogP contribution < -0.4 is 0 Å². The van der Waals surface area contributed by atoms with Crippen LogP contribution in [0.2, 0.25) is 0 Å². The lowest BCUT2D eigenvalue weighted by Gasteiger charge is -2.34. The monoisotopic (exact) mass is 390 g/mol. The number of aryl methyl sites for hydroxylation is 2. The summed E-state index contributed by atoms with van der Waals surface area (Å²) >= 11 is 0. The molecule has 0 atom stereocenters. The van der Waals surface area contributed by atoms with E-state index in [2.05, 4.69) is 5.10 Å². The molecule has 0 unspecified atom stereocenters. The molecule has 0 radical (unpaired) electrons. The number of carbonyl (C=O) groups is 3. The molecule has 1 saturated heterocycles. The Morgan fingerprint density at radius 1 is 0.964 bits per heavy atom. The summed E-state index contributed by atoms with van der Waals surface area (Å²) in [5, 5.41) is 4.16. The highest BCUT2D eigenvalue weighted by atomic mass is 19.2. The molecular formula is C19H20F2N4O3. The zero-order valence-corrected chi connectivity index (χ0v) is 15.8. The average Bonchev–Trinajstić information content (AvgIpc) is 2.94. The third kappa shape index (κ3) is 3.51. The highest BCUT2D eigenvalue weighted by Crippen LogP contribution is 2.16. The smallest absolute Gasteiger partial charge is 0.295 e. The lowest BCUT2D eigenvalue weighted by molar-refractivity contribution is -0.127. The molecule has 0 saturated carbocycles. The number of rotatable bonds is 3. The van der Waals surface area contributed by atoms with Gasteiger partial charge in [0.25, 0.3) is 17.6 Å². The first-order valence-corrected chi connectivity index (χ1v) is 8.78. The third-order valence-electron chi connectivity index (χ3n) is 4.95. The molecule has 0 aliphatic carbocycles. The van der Waals surface area contributed by atoms with Crippen LogP contribution in [-0.4, -0.2) is 63.4 Å². The van der Waals surface area contributed by atoms with E-state index < -0.39 is 29.2 Å². The van der Waals surface area contributed by atoms with Gasteiger partial charge in [0.05, 0.1) is 11.3 Å². The predicted molar refractivity (Wildman–Crippen MR) is 95.9 cm³/mol. The van der Waals surface area contributed by atoms with Gasteiger partial charge in [-0.25, -0.2) is 8.78 Å². The Balaban J connectivity index is 1.66. The number of hydrogen-bond acceptors (Lipinski definition) is 4. The van der Waals surface area contributed by atoms with E-state index in [1.165, 1.54) is 15.9 Å². The fourth-order valence-electron chi connectivity index (χ4n) is 3.28. The zero-order valence-electron chi connectivity index (χ0n) is 15.8. The van der Waals surface area contributed by atoms with E-state index in [4.69, 9.17) is 0 Å². The van der Waals surface area contributed by atoms with Crippen LogP contribution in [0.15, 0.2) is 18.2 Å². The van der Waals surface area contributed by atoms with Crippen LogP contribution in [0.1, 0.15) is 32.1 Å². The Morgan fingerprint density at radius 2 is 1.57 bits per heavy atom. The first-order chi connectivity index (χ1) is 13.2. The fourth-order valence-corrected chi connectivity index (χ4v) is 3.28. The molecule has 2 heterocycles. The van der Waals surface area contributed by atoms with Crippen molar-refractivity contribution in [1.82, 2.24) is 19.6 Å². The van der Waals surface area contributed by atoms with Gasteiger partial charge in [-0.3, -0.25) is 19.1 Å². The van der Waals surface area contributed by atoms with Crippen molar-refractivity contribution in [2.45, 2.75) is 13.8 Å². The molecule has 0 spiro atoms. The molecule has 0 bridgehead atoms. The van der Waals surface area contributed by atoms with Gasteiger partial charge in [-0.2, -0.15) is 5.10 Å². The number of nitrogens with zero attached hydrogens (tertiary/aromatic N) is 4. The molecule has 1 fully saturated rings. The van der Waals surface area contributed by atoms with E-state index in [1.54, 1.807) is 25.6 Å². The number of halogens is 2. The standard InChI is InChI=1S/C19H20F2N4O3/c1-11-16(12(2)23(3)22-11)17(26)19(28)25-8-6-24(7-9-25)18(27)13-4-5-14(20)15(21)10-13/h4-5,10H,6-9H2,1-3H3. The van der Waals surface area contributed by atoms with Crippen molar-refractivity contribution in [3.63, 3.8) is 0 Å². The van der Waals surface area contributed by atoms with E-state index in [1.807, 2.05) is 0 Å². The van der Waals surface area contributed by atoms with Crippen LogP contribution in [0.4, 0.5) is 8.78 Å². The molecular weight excluding hydrogens is 370 g/mol. The lowest BCUT2D eigenvalue weighted by atomic mass is 10.1. The number of aromatic nitrogens is 2. The van der Waals surface area contributed by atoms with E-state index in [0.29, 0.717) is 17.0 Å². The number of amides is 2. The first kappa shape index (κ1) is 19.7. The Hall–Kier alpha value is -3.10. The van der Waals surface area contributed by atoms with Crippen LogP contribution in [0.5, 0.6) is 0 Å². The van der Waals surface area contributed by atoms with Crippen molar-refractivity contribution in [3.8, 4) is 0 Å². The second kappa shape index (κ2) is 7.49. The van der Waals surface area contributed by atoms with Crippen LogP contribution >= 0.6 is 0 Å². The van der Waals surface area contributed by atoms with Crippen molar-refractivity contribution < 1.29 is 23.2 Å². The summed E-state index contributed by atoms with van der Waals surface area (Å²) in [7, 11) is 1.70. The highest BCUT2D eigenvalue weighted by molar-refractivity contribution is 6.43. The van der Waals surface area contributed by atoms with E-state index >= 15 is 0 Å². The van der Waals surface area contributed by atoms with E-state index in [0.717, 1.165) is 12.1 Å². The summed E-state index contributed by atoms with van der Waals surface area (Å²) in [6.45, 7) is 4.14. The largest absolute Gasteiger partial charge is 0.335 e. The van der Waals surface area contributed by atoms with Gasteiger partial charge in [0, 0.05) is 44.5 Å². The maximum Gasteiger partial charge on any atom is 0.295 e. The van der Waals surface area contributed by atoms with E-state index in [-0.39, 0.29) is 31.7 Å². The summed E-state index contributed by atoms with van der Waals surface area (Å²) in [6.07, 6.45) is 0. The SMILES string of the molecule is Cc1nn(C)c(C)c1C(=O)C(=O)N1CCN(C(=O)c2ccc(F)c(F)c2)CC1. The molecule has 2 amide bonds. The van der Waals surface area contributed by atoms with Crippen molar-refractivity contribution in [2.75, 3.05) is 26.2 Å². The van der Waals surface area contributed by atoms with Gasteiger partial charge in [0.15, 0.2) is 11.6 Å². The van der Waals surface area contributed by atoms with Crippen molar-refractivity contribution >= 4 is 17.6 Å². The lowest BCUT2D eigenvalue weighted by Crippen LogP contribution is -2.52. The number of hydrogen-bond donors (Lipinski definition) is 0. The molecule has 3 rings (SSSR count). The summed E-state index contributed by atoms with van der Waals surface area (Å²) in [5.41, 5.74) is 1.44. The normalized spacial score (nSPS) is 14.3. The Kier molecular flexibility index (Phi) is 5.26. The average molecular weight is 390 g/mol. The third-order valence-corrected chi connectivity index (χ3v) is 4.95. The quantitative estimate of drug-likeness (QED) is 0.588. The van der Waals surface area contributed by atoms with Gasteiger partial charge in [-0.15, -0.1) is 0 Å². The number of benzene rings is 1. The Bertz CT molecular complexity index is 962. The minimum atomic E-state index is -1.09. The molecule has 2 aromatic rings. The van der Waals surface area contributed by atoms with Crippen LogP contribution in [0.3, 0.4) is 0 Å². The molecule has 1 aromatic carbocycles. The number of piperazine rings is 1. The van der Waals surface area contributed by atoms with Crippen molar-refractivity contribution in [1.29, 1.82) is 0 Å². The predicted octanol–water partition coefficient (Wildman–Crippen LogP) is 1.48. The summed E-state index contributed by atoms with van der Waals surface area (Å²) in [4.78, 5) is 40.5. The second-order valence-corrected chi connectivity index (χ2v) is 6.71. The molecule has 0 N–H and O–H groups in total. The maximum absolute atomic E-state index is 13.3. The van der Waals surface area contributed by atoms with Crippen LogP contribution in [-0.2, 0) is 11.8 Å². The molecule has 1 aliphatic heterocycles. The van der Waals surface area contributed by atoms with Gasteiger partial charge in [-0.1, -0.05) is 0 Å². The minimum absolute atomic E-state index is 0.0383. The van der Waals surface area contributed by atoms with Gasteiger partial charge in [0.1, 0.15) is 0 Å². The van der Waals surface area contributed by atoms with Crippen molar-refractivity contribution in [3.05, 3.63) is 52.3 Å². The Labute approximate surface area is 160 Å². The van der Waals surface area contributed by atoms with Gasteiger partial charge < -0.3 is 9.80 Å². The highest BCUT2D eigenvalue weighted by Gasteiger charge is 2.31. The summed E-state index contributed by atoms with van der Waals surface area (Å²) in [6, 6.07) is 2.97. The van der Waals surface area contributed by atoms with E-state index in [9.17, 15) is 23.2 Å². The zero-order chi connectivity index (χ0) is 20.6.